The van der Waals surface area contributed by atoms with Gasteiger partial charge in [-0.1, -0.05) is 42.5 Å². The highest BCUT2D eigenvalue weighted by Gasteiger charge is 2.41. The van der Waals surface area contributed by atoms with Crippen molar-refractivity contribution in [3.63, 3.8) is 0 Å². The number of nitro benzene ring substituents is 1. The summed E-state index contributed by atoms with van der Waals surface area (Å²) in [5, 5.41) is 14.7. The number of nitro groups is 1. The number of allylic oxidation sites excluding steroid dienone is 3. The maximum atomic E-state index is 13.4. The summed E-state index contributed by atoms with van der Waals surface area (Å²) >= 11 is 0. The van der Waals surface area contributed by atoms with Crippen LogP contribution in [0.5, 0.6) is 0 Å². The minimum atomic E-state index is -0.713. The maximum absolute atomic E-state index is 13.4. The lowest BCUT2D eigenvalue weighted by atomic mass is 9.71. The lowest BCUT2D eigenvalue weighted by molar-refractivity contribution is -0.384. The molecule has 0 amide bonds. The first-order valence-corrected chi connectivity index (χ1v) is 10.6. The number of dihydropyridines is 1. The largest absolute Gasteiger partial charge is 0.463 e. The van der Waals surface area contributed by atoms with Crippen LogP contribution in [0.15, 0.2) is 77.1 Å². The van der Waals surface area contributed by atoms with E-state index in [2.05, 4.69) is 5.32 Å². The van der Waals surface area contributed by atoms with Crippen LogP contribution in [-0.4, -0.2) is 23.3 Å². The Labute approximate surface area is 185 Å². The quantitative estimate of drug-likeness (QED) is 0.424. The number of carbonyl (C=O) groups excluding carboxylic acids is 2. The van der Waals surface area contributed by atoms with Crippen LogP contribution < -0.4 is 5.32 Å². The number of non-ortho nitro benzene ring substituents is 1. The Hall–Kier alpha value is -3.74. The highest BCUT2D eigenvalue weighted by molar-refractivity contribution is 6.04. The van der Waals surface area contributed by atoms with Gasteiger partial charge >= 0.3 is 5.97 Å². The molecule has 0 saturated heterocycles. The molecule has 2 aromatic carbocycles. The number of Topliss-reactive ketones (excluding diaryl/α,β-unsaturated/α-hetero) is 1. The Morgan fingerprint density at radius 1 is 1.12 bits per heavy atom. The van der Waals surface area contributed by atoms with Gasteiger partial charge < -0.3 is 10.1 Å². The van der Waals surface area contributed by atoms with E-state index >= 15 is 0 Å². The molecule has 7 nitrogen and oxygen atoms in total. The maximum Gasteiger partial charge on any atom is 0.336 e. The standard InChI is InChI=1S/C25H24N2O5/c1-3-32-25(29)22-15(2)26-20-13-18(16-8-5-4-6-9-16)14-21(28)24(20)23(22)17-10-7-11-19(12-17)27(30)31/h4-12,18,23,26H,3,13-14H2,1-2H3/t18-,23-/m0/s1. The van der Waals surface area contributed by atoms with Crippen molar-refractivity contribution in [3.05, 3.63) is 98.4 Å². The topological polar surface area (TPSA) is 98.5 Å². The average molecular weight is 432 g/mol. The van der Waals surface area contributed by atoms with E-state index in [1.54, 1.807) is 26.0 Å². The molecule has 2 aliphatic rings. The number of benzene rings is 2. The Morgan fingerprint density at radius 3 is 2.53 bits per heavy atom. The molecule has 164 valence electrons. The van der Waals surface area contributed by atoms with Gasteiger partial charge in [0.25, 0.3) is 5.69 Å². The SMILES string of the molecule is CCOC(=O)C1=C(C)NC2=C(C(=O)C[C@@H](c3ccccc3)C2)[C@H]1c1cccc([N+](=O)[O-])c1. The number of ether oxygens (including phenoxy) is 1. The molecule has 1 N–H and O–H groups in total. The van der Waals surface area contributed by atoms with Crippen molar-refractivity contribution < 1.29 is 19.2 Å². The summed E-state index contributed by atoms with van der Waals surface area (Å²) in [4.78, 5) is 37.2. The zero-order valence-corrected chi connectivity index (χ0v) is 18.0. The highest BCUT2D eigenvalue weighted by Crippen LogP contribution is 2.46. The van der Waals surface area contributed by atoms with Gasteiger partial charge in [-0.05, 0) is 37.3 Å². The molecule has 2 aromatic rings. The van der Waals surface area contributed by atoms with E-state index in [1.165, 1.54) is 12.1 Å². The van der Waals surface area contributed by atoms with Gasteiger partial charge in [-0.3, -0.25) is 14.9 Å². The minimum absolute atomic E-state index is 0.0256. The molecule has 1 heterocycles. The Morgan fingerprint density at radius 2 is 1.84 bits per heavy atom. The van der Waals surface area contributed by atoms with E-state index in [4.69, 9.17) is 4.74 Å². The van der Waals surface area contributed by atoms with Gasteiger partial charge in [0.15, 0.2) is 5.78 Å². The van der Waals surface area contributed by atoms with Crippen molar-refractivity contribution in [2.75, 3.05) is 6.61 Å². The van der Waals surface area contributed by atoms with Crippen molar-refractivity contribution in [1.29, 1.82) is 0 Å². The van der Waals surface area contributed by atoms with E-state index < -0.39 is 16.8 Å². The van der Waals surface area contributed by atoms with Crippen LogP contribution >= 0.6 is 0 Å². The fourth-order valence-electron chi connectivity index (χ4n) is 4.63. The van der Waals surface area contributed by atoms with E-state index in [0.29, 0.717) is 35.2 Å². The molecular weight excluding hydrogens is 408 g/mol. The lowest BCUT2D eigenvalue weighted by Crippen LogP contribution is -2.36. The number of esters is 1. The molecule has 0 saturated carbocycles. The predicted molar refractivity (Wildman–Crippen MR) is 119 cm³/mol. The first-order valence-electron chi connectivity index (χ1n) is 10.6. The fourth-order valence-corrected chi connectivity index (χ4v) is 4.63. The van der Waals surface area contributed by atoms with Crippen LogP contribution in [0.3, 0.4) is 0 Å². The lowest BCUT2D eigenvalue weighted by Gasteiger charge is -2.36. The van der Waals surface area contributed by atoms with Gasteiger partial charge in [-0.15, -0.1) is 0 Å². The summed E-state index contributed by atoms with van der Waals surface area (Å²) in [7, 11) is 0. The van der Waals surface area contributed by atoms with Gasteiger partial charge in [-0.25, -0.2) is 4.79 Å². The number of hydrogen-bond donors (Lipinski definition) is 1. The number of nitrogens with one attached hydrogen (secondary N) is 1. The zero-order valence-electron chi connectivity index (χ0n) is 18.0. The van der Waals surface area contributed by atoms with E-state index in [1.807, 2.05) is 30.3 Å². The van der Waals surface area contributed by atoms with Gasteiger partial charge in [-0.2, -0.15) is 0 Å². The number of nitrogens with zero attached hydrogens (tertiary/aromatic N) is 1. The first-order chi connectivity index (χ1) is 15.4. The van der Waals surface area contributed by atoms with E-state index in [9.17, 15) is 19.7 Å². The number of hydrogen-bond acceptors (Lipinski definition) is 6. The monoisotopic (exact) mass is 432 g/mol. The summed E-state index contributed by atoms with van der Waals surface area (Å²) in [5.74, 6) is -1.29. The van der Waals surface area contributed by atoms with Gasteiger partial charge in [0.05, 0.1) is 17.1 Å². The third-order valence-corrected chi connectivity index (χ3v) is 6.01. The first kappa shape index (κ1) is 21.5. The smallest absolute Gasteiger partial charge is 0.336 e. The molecule has 0 radical (unpaired) electrons. The van der Waals surface area contributed by atoms with Crippen LogP contribution in [0, 0.1) is 10.1 Å². The summed E-state index contributed by atoms with van der Waals surface area (Å²) in [6.07, 6.45) is 0.926. The molecule has 0 bridgehead atoms. The second kappa shape index (κ2) is 8.78. The Balaban J connectivity index is 1.83. The van der Waals surface area contributed by atoms with Crippen LogP contribution in [0.25, 0.3) is 0 Å². The molecule has 4 rings (SSSR count). The third kappa shape index (κ3) is 3.93. The van der Waals surface area contributed by atoms with Gasteiger partial charge in [0.1, 0.15) is 0 Å². The van der Waals surface area contributed by atoms with Crippen molar-refractivity contribution in [2.24, 2.45) is 0 Å². The molecule has 0 aromatic heterocycles. The molecule has 1 aliphatic heterocycles. The zero-order chi connectivity index (χ0) is 22.8. The predicted octanol–water partition coefficient (Wildman–Crippen LogP) is 4.52. The number of rotatable bonds is 5. The van der Waals surface area contributed by atoms with Crippen molar-refractivity contribution >= 4 is 17.4 Å². The summed E-state index contributed by atoms with van der Waals surface area (Å²) in [5.41, 5.74) is 3.69. The summed E-state index contributed by atoms with van der Waals surface area (Å²) in [6, 6.07) is 16.0. The van der Waals surface area contributed by atoms with E-state index in [0.717, 1.165) is 11.3 Å². The van der Waals surface area contributed by atoms with Gasteiger partial charge in [0.2, 0.25) is 0 Å². The average Bonchev–Trinajstić information content (AvgIpc) is 2.78. The number of carbonyl (C=O) groups is 2. The van der Waals surface area contributed by atoms with Crippen molar-refractivity contribution in [1.82, 2.24) is 5.32 Å². The molecule has 32 heavy (non-hydrogen) atoms. The second-order valence-electron chi connectivity index (χ2n) is 8.00. The van der Waals surface area contributed by atoms with Crippen molar-refractivity contribution in [2.45, 2.75) is 38.5 Å². The summed E-state index contributed by atoms with van der Waals surface area (Å²) < 4.78 is 5.28. The van der Waals surface area contributed by atoms with Crippen LogP contribution in [0.2, 0.25) is 0 Å². The number of ketones is 1. The van der Waals surface area contributed by atoms with Gasteiger partial charge in [0, 0.05) is 41.4 Å². The highest BCUT2D eigenvalue weighted by atomic mass is 16.6. The van der Waals surface area contributed by atoms with Crippen LogP contribution in [-0.2, 0) is 14.3 Å². The molecule has 0 fully saturated rings. The van der Waals surface area contributed by atoms with Crippen molar-refractivity contribution in [3.8, 4) is 0 Å². The molecule has 1 aliphatic carbocycles. The molecule has 0 unspecified atom stereocenters. The summed E-state index contributed by atoms with van der Waals surface area (Å²) in [6.45, 7) is 3.68. The molecule has 0 spiro atoms. The minimum Gasteiger partial charge on any atom is -0.463 e. The molecule has 2 atom stereocenters. The Bertz CT molecular complexity index is 1150. The normalized spacial score (nSPS) is 20.5. The Kier molecular flexibility index (Phi) is 5.90. The third-order valence-electron chi connectivity index (χ3n) is 6.01. The fraction of sp³-hybridized carbons (Fsp3) is 0.280. The second-order valence-corrected chi connectivity index (χ2v) is 8.00. The van der Waals surface area contributed by atoms with Crippen LogP contribution in [0.4, 0.5) is 5.69 Å². The molecule has 7 heteroatoms. The van der Waals surface area contributed by atoms with E-state index in [-0.39, 0.29) is 24.0 Å². The van der Waals surface area contributed by atoms with Crippen LogP contribution in [0.1, 0.15) is 49.7 Å². The molecular formula is C25H24N2O5.